The fourth-order valence-corrected chi connectivity index (χ4v) is 3.15. The molecular weight excluding hydrogens is 471 g/mol. The maximum absolute atomic E-state index is 5.37. The van der Waals surface area contributed by atoms with Gasteiger partial charge in [0.05, 0.1) is 12.2 Å². The summed E-state index contributed by atoms with van der Waals surface area (Å²) in [5, 5.41) is 9.82. The number of aliphatic imine (C=N–C) groups is 1. The maximum Gasteiger partial charge on any atom is 0.191 e. The Hall–Kier alpha value is -1.79. The lowest BCUT2D eigenvalue weighted by Gasteiger charge is -2.11. The van der Waals surface area contributed by atoms with E-state index >= 15 is 0 Å². The number of guanidine groups is 1. The Labute approximate surface area is 183 Å². The molecule has 0 atom stereocenters. The molecule has 0 spiro atoms. The van der Waals surface area contributed by atoms with Crippen LogP contribution in [0.2, 0.25) is 0 Å². The molecule has 0 fully saturated rings. The molecule has 7 heteroatoms. The van der Waals surface area contributed by atoms with Crippen molar-refractivity contribution in [1.82, 2.24) is 15.6 Å². The van der Waals surface area contributed by atoms with Crippen LogP contribution in [0.1, 0.15) is 36.0 Å². The van der Waals surface area contributed by atoms with Crippen molar-refractivity contribution < 1.29 is 4.74 Å². The highest BCUT2D eigenvalue weighted by atomic mass is 127. The predicted molar refractivity (Wildman–Crippen MR) is 124 cm³/mol. The van der Waals surface area contributed by atoms with Crippen molar-refractivity contribution in [3.8, 4) is 18.1 Å². The van der Waals surface area contributed by atoms with Gasteiger partial charge in [0.1, 0.15) is 17.4 Å². The Balaban J connectivity index is 0.00000364. The zero-order chi connectivity index (χ0) is 18.8. The SMILES string of the molecule is C#CCOc1ccc(CCNC(=NC)NCc2nc(C(C)C)cs2)cc1.I. The Kier molecular flexibility index (Phi) is 10.8. The van der Waals surface area contributed by atoms with E-state index in [9.17, 15) is 0 Å². The van der Waals surface area contributed by atoms with Gasteiger partial charge in [0, 0.05) is 19.0 Å². The lowest BCUT2D eigenvalue weighted by molar-refractivity contribution is 0.370. The van der Waals surface area contributed by atoms with Gasteiger partial charge in [-0.1, -0.05) is 31.9 Å². The topological polar surface area (TPSA) is 58.5 Å². The van der Waals surface area contributed by atoms with Crippen LogP contribution in [0.3, 0.4) is 0 Å². The normalized spacial score (nSPS) is 10.9. The average Bonchev–Trinajstić information content (AvgIpc) is 3.13. The van der Waals surface area contributed by atoms with E-state index in [1.165, 1.54) is 5.56 Å². The molecule has 0 amide bonds. The highest BCUT2D eigenvalue weighted by molar-refractivity contribution is 14.0. The molecule has 1 aromatic heterocycles. The van der Waals surface area contributed by atoms with Gasteiger partial charge < -0.3 is 15.4 Å². The quantitative estimate of drug-likeness (QED) is 0.252. The third kappa shape index (κ3) is 8.18. The van der Waals surface area contributed by atoms with Crippen molar-refractivity contribution >= 4 is 41.3 Å². The number of terminal acetylenes is 1. The number of benzene rings is 1. The molecule has 2 aromatic rings. The van der Waals surface area contributed by atoms with Crippen LogP contribution in [0.4, 0.5) is 0 Å². The van der Waals surface area contributed by atoms with Crippen LogP contribution in [-0.4, -0.2) is 31.1 Å². The molecule has 0 aliphatic heterocycles. The highest BCUT2D eigenvalue weighted by Gasteiger charge is 2.06. The molecule has 5 nitrogen and oxygen atoms in total. The number of hydrogen-bond acceptors (Lipinski definition) is 4. The van der Waals surface area contributed by atoms with Crippen LogP contribution in [-0.2, 0) is 13.0 Å². The minimum absolute atomic E-state index is 0. The first-order valence-corrected chi connectivity index (χ1v) is 9.54. The summed E-state index contributed by atoms with van der Waals surface area (Å²) < 4.78 is 5.37. The average molecular weight is 498 g/mol. The highest BCUT2D eigenvalue weighted by Crippen LogP contribution is 2.17. The largest absolute Gasteiger partial charge is 0.481 e. The second-order valence-electron chi connectivity index (χ2n) is 6.06. The summed E-state index contributed by atoms with van der Waals surface area (Å²) in [6, 6.07) is 7.97. The molecule has 0 saturated carbocycles. The zero-order valence-corrected chi connectivity index (χ0v) is 19.1. The molecule has 2 N–H and O–H groups in total. The van der Waals surface area contributed by atoms with E-state index in [2.05, 4.69) is 45.8 Å². The Morgan fingerprint density at radius 1 is 1.30 bits per heavy atom. The van der Waals surface area contributed by atoms with Crippen molar-refractivity contribution in [2.24, 2.45) is 4.99 Å². The molecule has 0 bridgehead atoms. The second kappa shape index (κ2) is 12.6. The van der Waals surface area contributed by atoms with Crippen LogP contribution in [0, 0.1) is 12.3 Å². The van der Waals surface area contributed by atoms with Gasteiger partial charge in [-0.3, -0.25) is 4.99 Å². The van der Waals surface area contributed by atoms with Gasteiger partial charge >= 0.3 is 0 Å². The van der Waals surface area contributed by atoms with Gasteiger partial charge in [-0.05, 0) is 30.0 Å². The minimum atomic E-state index is 0. The first kappa shape index (κ1) is 23.2. The second-order valence-corrected chi connectivity index (χ2v) is 7.00. The predicted octanol–water partition coefficient (Wildman–Crippen LogP) is 3.80. The van der Waals surface area contributed by atoms with E-state index in [0.717, 1.165) is 35.4 Å². The molecule has 0 unspecified atom stereocenters. The van der Waals surface area contributed by atoms with Crippen LogP contribution in [0.25, 0.3) is 0 Å². The summed E-state index contributed by atoms with van der Waals surface area (Å²) in [6.45, 7) is 6.07. The molecule has 1 aromatic carbocycles. The van der Waals surface area contributed by atoms with Gasteiger partial charge in [0.15, 0.2) is 5.96 Å². The van der Waals surface area contributed by atoms with E-state index in [1.54, 1.807) is 18.4 Å². The van der Waals surface area contributed by atoms with Crippen molar-refractivity contribution in [3.05, 3.63) is 45.9 Å². The van der Waals surface area contributed by atoms with Crippen molar-refractivity contribution in [1.29, 1.82) is 0 Å². The van der Waals surface area contributed by atoms with E-state index in [1.807, 2.05) is 24.3 Å². The minimum Gasteiger partial charge on any atom is -0.481 e. The summed E-state index contributed by atoms with van der Waals surface area (Å²) in [5.41, 5.74) is 2.37. The van der Waals surface area contributed by atoms with E-state index in [-0.39, 0.29) is 24.0 Å². The van der Waals surface area contributed by atoms with Gasteiger partial charge in [-0.25, -0.2) is 4.98 Å². The van der Waals surface area contributed by atoms with Crippen molar-refractivity contribution in [2.75, 3.05) is 20.2 Å². The smallest absolute Gasteiger partial charge is 0.191 e. The summed E-state index contributed by atoms with van der Waals surface area (Å²) >= 11 is 1.68. The fourth-order valence-electron chi connectivity index (χ4n) is 2.25. The summed E-state index contributed by atoms with van der Waals surface area (Å²) in [6.07, 6.45) is 6.08. The fraction of sp³-hybridized carbons (Fsp3) is 0.400. The number of aromatic nitrogens is 1. The zero-order valence-electron chi connectivity index (χ0n) is 16.0. The van der Waals surface area contributed by atoms with Gasteiger partial charge in [0.2, 0.25) is 0 Å². The van der Waals surface area contributed by atoms with E-state index in [0.29, 0.717) is 19.1 Å². The molecular formula is C20H27IN4OS. The Morgan fingerprint density at radius 2 is 2.04 bits per heavy atom. The summed E-state index contributed by atoms with van der Waals surface area (Å²) in [7, 11) is 1.77. The molecule has 1 heterocycles. The number of thiazole rings is 1. The molecule has 146 valence electrons. The standard InChI is InChI=1S/C20H26N4OS.HI/c1-5-12-25-17-8-6-16(7-9-17)10-11-22-20(21-4)23-13-19-24-18(14-26-19)15(2)3;/h1,6-9,14-15H,10-13H2,2-4H3,(H2,21,22,23);1H. The van der Waals surface area contributed by atoms with Crippen LogP contribution in [0.5, 0.6) is 5.75 Å². The van der Waals surface area contributed by atoms with Crippen molar-refractivity contribution in [3.63, 3.8) is 0 Å². The monoisotopic (exact) mass is 498 g/mol. The molecule has 0 aliphatic carbocycles. The molecule has 0 aliphatic rings. The lowest BCUT2D eigenvalue weighted by Crippen LogP contribution is -2.37. The summed E-state index contributed by atoms with van der Waals surface area (Å²) in [4.78, 5) is 8.88. The number of halogens is 1. The number of ether oxygens (including phenoxy) is 1. The lowest BCUT2D eigenvalue weighted by atomic mass is 10.1. The molecule has 0 radical (unpaired) electrons. The van der Waals surface area contributed by atoms with Gasteiger partial charge in [0.25, 0.3) is 0 Å². The number of rotatable bonds is 8. The van der Waals surface area contributed by atoms with E-state index in [4.69, 9.17) is 11.2 Å². The Bertz CT molecular complexity index is 750. The summed E-state index contributed by atoms with van der Waals surface area (Å²) in [5.74, 6) is 4.49. The van der Waals surface area contributed by atoms with Crippen molar-refractivity contribution in [2.45, 2.75) is 32.7 Å². The van der Waals surface area contributed by atoms with Gasteiger partial charge in [-0.15, -0.1) is 41.7 Å². The van der Waals surface area contributed by atoms with Crippen LogP contribution < -0.4 is 15.4 Å². The molecule has 0 saturated heterocycles. The first-order chi connectivity index (χ1) is 12.6. The number of nitrogens with zero attached hydrogens (tertiary/aromatic N) is 2. The van der Waals surface area contributed by atoms with Crippen LogP contribution >= 0.6 is 35.3 Å². The third-order valence-electron chi connectivity index (χ3n) is 3.74. The van der Waals surface area contributed by atoms with Crippen LogP contribution in [0.15, 0.2) is 34.6 Å². The molecule has 2 rings (SSSR count). The van der Waals surface area contributed by atoms with Gasteiger partial charge in [-0.2, -0.15) is 0 Å². The number of nitrogens with one attached hydrogen (secondary N) is 2. The van der Waals surface area contributed by atoms with E-state index < -0.39 is 0 Å². The number of hydrogen-bond donors (Lipinski definition) is 2. The Morgan fingerprint density at radius 3 is 2.63 bits per heavy atom. The maximum atomic E-state index is 5.37. The molecule has 27 heavy (non-hydrogen) atoms. The third-order valence-corrected chi connectivity index (χ3v) is 4.61. The first-order valence-electron chi connectivity index (χ1n) is 8.66.